The highest BCUT2D eigenvalue weighted by molar-refractivity contribution is 5.90. The van der Waals surface area contributed by atoms with E-state index in [1.165, 1.54) is 36.3 Å². The van der Waals surface area contributed by atoms with Crippen LogP contribution in [0.1, 0.15) is 24.5 Å². The Hall–Kier alpha value is -4.53. The Bertz CT molecular complexity index is 1440. The number of aromatic nitrogens is 5. The van der Waals surface area contributed by atoms with E-state index >= 15 is 0 Å². The van der Waals surface area contributed by atoms with E-state index in [-0.39, 0.29) is 5.56 Å². The quantitative estimate of drug-likeness (QED) is 0.351. The Morgan fingerprint density at radius 2 is 2.03 bits per heavy atom. The van der Waals surface area contributed by atoms with Crippen molar-refractivity contribution >= 4 is 23.0 Å². The minimum absolute atomic E-state index is 0.265. The number of carbonyl (C=O) groups excluding carboxylic acids is 2. The van der Waals surface area contributed by atoms with Gasteiger partial charge in [0, 0.05) is 23.3 Å². The van der Waals surface area contributed by atoms with Crippen LogP contribution in [0.3, 0.4) is 0 Å². The molecule has 4 rings (SSSR count). The third kappa shape index (κ3) is 4.23. The maximum atomic E-state index is 12.6. The fourth-order valence-corrected chi connectivity index (χ4v) is 3.53. The Kier molecular flexibility index (Phi) is 5.62. The molecule has 0 radical (unpaired) electrons. The first-order valence-corrected chi connectivity index (χ1v) is 9.78. The molecular weight excluding hydrogens is 453 g/mol. The monoisotopic (exact) mass is 468 g/mol. The minimum Gasteiger partial charge on any atom is -0.386 e. The van der Waals surface area contributed by atoms with Crippen LogP contribution in [0, 0.1) is 11.3 Å². The van der Waals surface area contributed by atoms with Crippen LogP contribution in [0.5, 0.6) is 0 Å². The molecule has 12 heteroatoms. The number of ether oxygens (including phenoxy) is 1. The predicted octanol–water partition coefficient (Wildman–Crippen LogP) is 3.48. The molecule has 1 atom stereocenters. The third-order valence-corrected chi connectivity index (χ3v) is 5.26. The van der Waals surface area contributed by atoms with Crippen molar-refractivity contribution in [3.05, 3.63) is 66.4 Å². The summed E-state index contributed by atoms with van der Waals surface area (Å²) in [5.41, 5.74) is 0.942. The number of fused-ring (bicyclic) bond motifs is 1. The van der Waals surface area contributed by atoms with Gasteiger partial charge in [-0.1, -0.05) is 12.1 Å². The molecule has 0 fully saturated rings. The first-order valence-electron chi connectivity index (χ1n) is 9.78. The molecule has 0 bridgehead atoms. The summed E-state index contributed by atoms with van der Waals surface area (Å²) < 4.78 is 43.1. The second-order valence-corrected chi connectivity index (χ2v) is 7.54. The van der Waals surface area contributed by atoms with E-state index < -0.39 is 30.1 Å². The number of esters is 2. The standard InChI is InChI=1S/C22H15F3N6O3/c1-21(15-4-2-3-13(7-15)9-26,8-17(32)34-20(33)22(23,24)25)31-11-14(10-30-31)18-16-5-6-27-19(16)29-12-28-18/h2-7,10-12H,8H2,1H3,(H,27,28,29). The average Bonchev–Trinajstić information content (AvgIpc) is 3.48. The minimum atomic E-state index is -5.32. The third-order valence-electron chi connectivity index (χ3n) is 5.26. The summed E-state index contributed by atoms with van der Waals surface area (Å²) in [6.07, 6.45) is 0.106. The van der Waals surface area contributed by atoms with Gasteiger partial charge in [-0.25, -0.2) is 14.8 Å². The Balaban J connectivity index is 1.76. The molecule has 4 aromatic rings. The molecule has 172 valence electrons. The molecule has 0 saturated heterocycles. The van der Waals surface area contributed by atoms with E-state index in [0.29, 0.717) is 27.9 Å². The Labute approximate surface area is 189 Å². The second kappa shape index (κ2) is 8.43. The van der Waals surface area contributed by atoms with Crippen molar-refractivity contribution in [2.45, 2.75) is 25.1 Å². The maximum absolute atomic E-state index is 12.6. The highest BCUT2D eigenvalue weighted by Crippen LogP contribution is 2.33. The molecule has 1 aromatic carbocycles. The van der Waals surface area contributed by atoms with E-state index in [0.717, 1.165) is 0 Å². The van der Waals surface area contributed by atoms with Crippen molar-refractivity contribution in [2.24, 2.45) is 0 Å². The van der Waals surface area contributed by atoms with Crippen LogP contribution >= 0.6 is 0 Å². The second-order valence-electron chi connectivity index (χ2n) is 7.54. The van der Waals surface area contributed by atoms with Crippen molar-refractivity contribution < 1.29 is 27.5 Å². The van der Waals surface area contributed by atoms with Gasteiger partial charge in [-0.05, 0) is 30.7 Å². The number of halogens is 3. The topological polar surface area (TPSA) is 127 Å². The maximum Gasteiger partial charge on any atom is 0.491 e. The van der Waals surface area contributed by atoms with Gasteiger partial charge in [-0.15, -0.1) is 0 Å². The fourth-order valence-electron chi connectivity index (χ4n) is 3.53. The molecule has 3 aromatic heterocycles. The lowest BCUT2D eigenvalue weighted by Gasteiger charge is -2.30. The normalized spacial score (nSPS) is 13.3. The zero-order valence-electron chi connectivity index (χ0n) is 17.5. The number of alkyl halides is 3. The average molecular weight is 468 g/mol. The van der Waals surface area contributed by atoms with E-state index in [2.05, 4.69) is 24.8 Å². The van der Waals surface area contributed by atoms with E-state index in [1.807, 2.05) is 6.07 Å². The summed E-state index contributed by atoms with van der Waals surface area (Å²) in [6.45, 7) is 1.53. The number of H-pyrrole nitrogens is 1. The van der Waals surface area contributed by atoms with E-state index in [4.69, 9.17) is 0 Å². The molecule has 34 heavy (non-hydrogen) atoms. The number of rotatable bonds is 5. The number of carbonyl (C=O) groups is 2. The molecular formula is C22H15F3N6O3. The van der Waals surface area contributed by atoms with Crippen LogP contribution in [0.15, 0.2) is 55.2 Å². The smallest absolute Gasteiger partial charge is 0.386 e. The molecule has 1 unspecified atom stereocenters. The van der Waals surface area contributed by atoms with Gasteiger partial charge >= 0.3 is 18.1 Å². The van der Waals surface area contributed by atoms with Gasteiger partial charge in [0.15, 0.2) is 0 Å². The Morgan fingerprint density at radius 3 is 2.76 bits per heavy atom. The number of nitrogens with zero attached hydrogens (tertiary/aromatic N) is 5. The number of nitriles is 1. The van der Waals surface area contributed by atoms with Crippen molar-refractivity contribution in [2.75, 3.05) is 0 Å². The van der Waals surface area contributed by atoms with Gasteiger partial charge in [-0.3, -0.25) is 9.48 Å². The largest absolute Gasteiger partial charge is 0.491 e. The number of hydrogen-bond donors (Lipinski definition) is 1. The van der Waals surface area contributed by atoms with Crippen molar-refractivity contribution in [3.63, 3.8) is 0 Å². The lowest BCUT2D eigenvalue weighted by molar-refractivity contribution is -0.202. The molecule has 0 aliphatic heterocycles. The number of aromatic amines is 1. The van der Waals surface area contributed by atoms with Crippen molar-refractivity contribution in [1.82, 2.24) is 24.7 Å². The molecule has 9 nitrogen and oxygen atoms in total. The van der Waals surface area contributed by atoms with E-state index in [9.17, 15) is 28.0 Å². The number of nitrogens with one attached hydrogen (secondary N) is 1. The van der Waals surface area contributed by atoms with Gasteiger partial charge < -0.3 is 9.72 Å². The zero-order chi connectivity index (χ0) is 24.5. The summed E-state index contributed by atoms with van der Waals surface area (Å²) in [5, 5.41) is 14.3. The van der Waals surface area contributed by atoms with E-state index in [1.54, 1.807) is 30.6 Å². The van der Waals surface area contributed by atoms with Crippen LogP contribution in [-0.4, -0.2) is 42.8 Å². The highest BCUT2D eigenvalue weighted by atomic mass is 19.4. The SMILES string of the molecule is CC(CC(=O)OC(=O)C(F)(F)F)(c1cccc(C#N)c1)n1cc(-c2ncnc3[nH]ccc23)cn1. The van der Waals surface area contributed by atoms with Gasteiger partial charge in [0.2, 0.25) is 0 Å². The van der Waals surface area contributed by atoms with Crippen LogP contribution < -0.4 is 0 Å². The van der Waals surface area contributed by atoms with Crippen LogP contribution in [0.25, 0.3) is 22.3 Å². The molecule has 1 N–H and O–H groups in total. The van der Waals surface area contributed by atoms with Gasteiger partial charge in [0.05, 0.1) is 35.5 Å². The number of hydrogen-bond acceptors (Lipinski definition) is 7. The summed E-state index contributed by atoms with van der Waals surface area (Å²) >= 11 is 0. The van der Waals surface area contributed by atoms with Crippen LogP contribution in [0.2, 0.25) is 0 Å². The molecule has 0 aliphatic carbocycles. The lowest BCUT2D eigenvalue weighted by Crippen LogP contribution is -2.37. The van der Waals surface area contributed by atoms with Crippen molar-refractivity contribution in [1.29, 1.82) is 5.26 Å². The molecule has 0 spiro atoms. The van der Waals surface area contributed by atoms with Gasteiger partial charge in [-0.2, -0.15) is 23.5 Å². The van der Waals surface area contributed by atoms with Gasteiger partial charge in [0.25, 0.3) is 0 Å². The fraction of sp³-hybridized carbons (Fsp3) is 0.182. The summed E-state index contributed by atoms with van der Waals surface area (Å²) in [6, 6.07) is 9.93. The number of benzene rings is 1. The van der Waals surface area contributed by atoms with Gasteiger partial charge in [0.1, 0.15) is 12.0 Å². The molecule has 0 aliphatic rings. The summed E-state index contributed by atoms with van der Waals surface area (Å²) in [5.74, 6) is -4.01. The summed E-state index contributed by atoms with van der Waals surface area (Å²) in [7, 11) is 0. The Morgan fingerprint density at radius 1 is 1.24 bits per heavy atom. The van der Waals surface area contributed by atoms with Crippen LogP contribution in [0.4, 0.5) is 13.2 Å². The highest BCUT2D eigenvalue weighted by Gasteiger charge is 2.44. The van der Waals surface area contributed by atoms with Crippen LogP contribution in [-0.2, 0) is 19.9 Å². The predicted molar refractivity (Wildman–Crippen MR) is 111 cm³/mol. The zero-order valence-corrected chi connectivity index (χ0v) is 17.5. The lowest BCUT2D eigenvalue weighted by atomic mass is 9.87. The first kappa shape index (κ1) is 22.7. The molecule has 3 heterocycles. The molecule has 0 saturated carbocycles. The first-order chi connectivity index (χ1) is 16.1. The van der Waals surface area contributed by atoms with Crippen molar-refractivity contribution in [3.8, 4) is 17.3 Å². The molecule has 0 amide bonds. The summed E-state index contributed by atoms with van der Waals surface area (Å²) in [4.78, 5) is 34.9.